The molecule has 104 valence electrons. The first-order chi connectivity index (χ1) is 9.49. The fourth-order valence-corrected chi connectivity index (χ4v) is 2.24. The molecule has 0 aliphatic heterocycles. The van der Waals surface area contributed by atoms with Gasteiger partial charge in [0.25, 0.3) is 0 Å². The van der Waals surface area contributed by atoms with E-state index in [2.05, 4.69) is 36.3 Å². The number of aromatic carboxylic acids is 1. The molecule has 20 heavy (non-hydrogen) atoms. The molecule has 0 saturated heterocycles. The van der Waals surface area contributed by atoms with Gasteiger partial charge >= 0.3 is 5.97 Å². The third-order valence-electron chi connectivity index (χ3n) is 3.34. The van der Waals surface area contributed by atoms with Crippen molar-refractivity contribution in [2.45, 2.75) is 26.8 Å². The third kappa shape index (κ3) is 2.96. The molecule has 2 aromatic rings. The van der Waals surface area contributed by atoms with Crippen LogP contribution < -0.4 is 5.32 Å². The van der Waals surface area contributed by atoms with E-state index in [9.17, 15) is 4.79 Å². The van der Waals surface area contributed by atoms with E-state index >= 15 is 0 Å². The molecule has 1 aromatic heterocycles. The highest BCUT2D eigenvalue weighted by atomic mass is 16.4. The van der Waals surface area contributed by atoms with E-state index in [-0.39, 0.29) is 11.6 Å². The number of benzene rings is 1. The normalized spacial score (nSPS) is 11.9. The zero-order valence-corrected chi connectivity index (χ0v) is 11.8. The average Bonchev–Trinajstić information content (AvgIpc) is 2.38. The van der Waals surface area contributed by atoms with Crippen molar-refractivity contribution in [2.24, 2.45) is 0 Å². The number of aromatic nitrogens is 1. The topological polar surface area (TPSA) is 62.2 Å². The van der Waals surface area contributed by atoms with E-state index < -0.39 is 5.97 Å². The molecule has 1 aromatic carbocycles. The van der Waals surface area contributed by atoms with Crippen LogP contribution in [-0.2, 0) is 0 Å². The Morgan fingerprint density at radius 3 is 2.50 bits per heavy atom. The zero-order chi connectivity index (χ0) is 14.7. The molecule has 1 atom stereocenters. The molecule has 1 unspecified atom stereocenters. The minimum atomic E-state index is -0.950. The lowest BCUT2D eigenvalue weighted by molar-refractivity contribution is 0.0695. The second-order valence-corrected chi connectivity index (χ2v) is 4.86. The Balaban J connectivity index is 2.20. The van der Waals surface area contributed by atoms with Gasteiger partial charge in [0.15, 0.2) is 0 Å². The second-order valence-electron chi connectivity index (χ2n) is 4.86. The van der Waals surface area contributed by atoms with Crippen molar-refractivity contribution in [3.8, 4) is 0 Å². The Kier molecular flexibility index (Phi) is 4.03. The lowest BCUT2D eigenvalue weighted by Gasteiger charge is -2.17. The summed E-state index contributed by atoms with van der Waals surface area (Å²) >= 11 is 0. The molecule has 0 radical (unpaired) electrons. The number of carboxylic acids is 1. The Morgan fingerprint density at radius 1 is 1.20 bits per heavy atom. The number of hydrogen-bond acceptors (Lipinski definition) is 3. The number of hydrogen-bond donors (Lipinski definition) is 2. The first-order valence-electron chi connectivity index (χ1n) is 6.52. The molecule has 0 aliphatic carbocycles. The molecule has 2 rings (SSSR count). The highest BCUT2D eigenvalue weighted by Crippen LogP contribution is 2.21. The van der Waals surface area contributed by atoms with Crippen LogP contribution in [0.1, 0.15) is 40.1 Å². The van der Waals surface area contributed by atoms with Crippen LogP contribution in [0, 0.1) is 13.8 Å². The van der Waals surface area contributed by atoms with Crippen molar-refractivity contribution < 1.29 is 9.90 Å². The summed E-state index contributed by atoms with van der Waals surface area (Å²) in [7, 11) is 0. The summed E-state index contributed by atoms with van der Waals surface area (Å²) in [5.74, 6) is -0.267. The maximum atomic E-state index is 11.0. The fraction of sp³-hybridized carbons (Fsp3) is 0.250. The lowest BCUT2D eigenvalue weighted by Crippen LogP contribution is -2.11. The van der Waals surface area contributed by atoms with Gasteiger partial charge in [-0.2, -0.15) is 0 Å². The number of carbonyl (C=O) groups is 1. The smallest absolute Gasteiger partial charge is 0.337 e. The summed E-state index contributed by atoms with van der Waals surface area (Å²) in [6, 6.07) is 11.6. The van der Waals surface area contributed by atoms with E-state index in [0.717, 1.165) is 0 Å². The average molecular weight is 270 g/mol. The zero-order valence-electron chi connectivity index (χ0n) is 11.8. The summed E-state index contributed by atoms with van der Waals surface area (Å²) in [4.78, 5) is 15.3. The molecule has 0 fully saturated rings. The van der Waals surface area contributed by atoms with E-state index in [1.807, 2.05) is 12.1 Å². The first kappa shape index (κ1) is 14.1. The molecule has 0 aliphatic rings. The van der Waals surface area contributed by atoms with Crippen LogP contribution in [0.2, 0.25) is 0 Å². The van der Waals surface area contributed by atoms with Crippen molar-refractivity contribution in [2.75, 3.05) is 5.32 Å². The van der Waals surface area contributed by atoms with Gasteiger partial charge in [-0.3, -0.25) is 0 Å². The monoisotopic (exact) mass is 270 g/mol. The van der Waals surface area contributed by atoms with Crippen molar-refractivity contribution in [3.63, 3.8) is 0 Å². The number of pyridine rings is 1. The number of nitrogens with zero attached hydrogens (tertiary/aromatic N) is 1. The Labute approximate surface area is 118 Å². The molecule has 2 N–H and O–H groups in total. The SMILES string of the molecule is Cc1ccccc1C(C)Nc1ccc(C(=O)O)c(C)n1. The predicted molar refractivity (Wildman–Crippen MR) is 79.2 cm³/mol. The van der Waals surface area contributed by atoms with E-state index in [1.54, 1.807) is 19.1 Å². The van der Waals surface area contributed by atoms with Gasteiger partial charge < -0.3 is 10.4 Å². The van der Waals surface area contributed by atoms with Crippen LogP contribution in [0.4, 0.5) is 5.82 Å². The van der Waals surface area contributed by atoms with Crippen molar-refractivity contribution in [1.29, 1.82) is 0 Å². The molecule has 4 nitrogen and oxygen atoms in total. The van der Waals surface area contributed by atoms with Gasteiger partial charge in [-0.1, -0.05) is 24.3 Å². The summed E-state index contributed by atoms with van der Waals surface area (Å²) in [5.41, 5.74) is 3.17. The van der Waals surface area contributed by atoms with E-state index in [1.165, 1.54) is 11.1 Å². The van der Waals surface area contributed by atoms with E-state index in [0.29, 0.717) is 11.5 Å². The lowest BCUT2D eigenvalue weighted by atomic mass is 10.0. The van der Waals surface area contributed by atoms with Crippen molar-refractivity contribution >= 4 is 11.8 Å². The fourth-order valence-electron chi connectivity index (χ4n) is 2.24. The number of carboxylic acid groups (broad SMARTS) is 1. The van der Waals surface area contributed by atoms with Gasteiger partial charge in [0, 0.05) is 0 Å². The van der Waals surface area contributed by atoms with Crippen LogP contribution >= 0.6 is 0 Å². The number of nitrogens with one attached hydrogen (secondary N) is 1. The van der Waals surface area contributed by atoms with Gasteiger partial charge in [-0.15, -0.1) is 0 Å². The van der Waals surface area contributed by atoms with Gasteiger partial charge in [0.05, 0.1) is 17.3 Å². The third-order valence-corrected chi connectivity index (χ3v) is 3.34. The quantitative estimate of drug-likeness (QED) is 0.891. The summed E-state index contributed by atoms with van der Waals surface area (Å²) in [6.07, 6.45) is 0. The van der Waals surface area contributed by atoms with Gasteiger partial charge in [0.1, 0.15) is 5.82 Å². The van der Waals surface area contributed by atoms with Gasteiger partial charge in [0.2, 0.25) is 0 Å². The van der Waals surface area contributed by atoms with Crippen molar-refractivity contribution in [3.05, 3.63) is 58.8 Å². The molecule has 0 saturated carbocycles. The highest BCUT2D eigenvalue weighted by Gasteiger charge is 2.11. The van der Waals surface area contributed by atoms with Gasteiger partial charge in [-0.05, 0) is 44.0 Å². The molecule has 0 amide bonds. The number of aryl methyl sites for hydroxylation is 2. The Morgan fingerprint density at radius 2 is 1.90 bits per heavy atom. The van der Waals surface area contributed by atoms with E-state index in [4.69, 9.17) is 5.11 Å². The number of anilines is 1. The van der Waals surface area contributed by atoms with Crippen LogP contribution in [0.25, 0.3) is 0 Å². The van der Waals surface area contributed by atoms with Crippen molar-refractivity contribution in [1.82, 2.24) is 4.98 Å². The maximum absolute atomic E-state index is 11.0. The van der Waals surface area contributed by atoms with Crippen LogP contribution in [0.5, 0.6) is 0 Å². The standard InChI is InChI=1S/C16H18N2O2/c1-10-6-4-5-7-13(10)11(2)17-15-9-8-14(16(19)20)12(3)18-15/h4-9,11H,1-3H3,(H,17,18)(H,19,20). The molecular weight excluding hydrogens is 252 g/mol. The predicted octanol–water partition coefficient (Wildman–Crippen LogP) is 3.57. The Bertz CT molecular complexity index is 638. The molecule has 0 spiro atoms. The van der Waals surface area contributed by atoms with Crippen LogP contribution in [-0.4, -0.2) is 16.1 Å². The summed E-state index contributed by atoms with van der Waals surface area (Å²) in [5, 5.41) is 12.3. The largest absolute Gasteiger partial charge is 0.478 e. The number of rotatable bonds is 4. The first-order valence-corrected chi connectivity index (χ1v) is 6.52. The Hall–Kier alpha value is -2.36. The molecule has 0 bridgehead atoms. The molecule has 1 heterocycles. The maximum Gasteiger partial charge on any atom is 0.337 e. The minimum Gasteiger partial charge on any atom is -0.478 e. The summed E-state index contributed by atoms with van der Waals surface area (Å²) in [6.45, 7) is 5.83. The highest BCUT2D eigenvalue weighted by molar-refractivity contribution is 5.89. The van der Waals surface area contributed by atoms with Gasteiger partial charge in [-0.25, -0.2) is 9.78 Å². The second kappa shape index (κ2) is 5.74. The molecule has 4 heteroatoms. The van der Waals surface area contributed by atoms with Crippen LogP contribution in [0.3, 0.4) is 0 Å². The van der Waals surface area contributed by atoms with Crippen LogP contribution in [0.15, 0.2) is 36.4 Å². The minimum absolute atomic E-state index is 0.110. The molecular formula is C16H18N2O2. The summed E-state index contributed by atoms with van der Waals surface area (Å²) < 4.78 is 0.